The summed E-state index contributed by atoms with van der Waals surface area (Å²) in [7, 11) is 0. The van der Waals surface area contributed by atoms with Gasteiger partial charge in [0.25, 0.3) is 11.8 Å². The summed E-state index contributed by atoms with van der Waals surface area (Å²) in [5.41, 5.74) is 1.24. The summed E-state index contributed by atoms with van der Waals surface area (Å²) in [5, 5.41) is 4.10. The average Bonchev–Trinajstić information content (AvgIpc) is 3.18. The SMILES string of the molecule is Cc1ccc(-c2nc(N3CCC(N4CCN(C(C)C)CC4)CC3)no2)c(F)c1. The minimum absolute atomic E-state index is 0.249. The zero-order chi connectivity index (χ0) is 19.7. The minimum atomic E-state index is -0.325. The monoisotopic (exact) mass is 387 g/mol. The summed E-state index contributed by atoms with van der Waals surface area (Å²) >= 11 is 0. The van der Waals surface area contributed by atoms with Gasteiger partial charge in [-0.05, 0) is 56.5 Å². The number of benzene rings is 1. The summed E-state index contributed by atoms with van der Waals surface area (Å²) < 4.78 is 19.5. The molecular formula is C21H30FN5O. The molecule has 3 heterocycles. The molecule has 0 unspecified atom stereocenters. The maximum atomic E-state index is 14.2. The first-order valence-corrected chi connectivity index (χ1v) is 10.3. The molecule has 2 aliphatic rings. The molecule has 6 nitrogen and oxygen atoms in total. The predicted octanol–water partition coefficient (Wildman–Crippen LogP) is 3.18. The molecule has 0 saturated carbocycles. The lowest BCUT2D eigenvalue weighted by Gasteiger charge is -2.43. The fraction of sp³-hybridized carbons (Fsp3) is 0.619. The Morgan fingerprint density at radius 2 is 1.79 bits per heavy atom. The topological polar surface area (TPSA) is 48.6 Å². The fourth-order valence-corrected chi connectivity index (χ4v) is 4.30. The molecular weight excluding hydrogens is 357 g/mol. The van der Waals surface area contributed by atoms with E-state index in [1.807, 2.05) is 13.0 Å². The van der Waals surface area contributed by atoms with Crippen LogP contribution in [0.4, 0.5) is 10.3 Å². The second-order valence-electron chi connectivity index (χ2n) is 8.27. The van der Waals surface area contributed by atoms with Crippen LogP contribution in [0.2, 0.25) is 0 Å². The normalized spacial score (nSPS) is 20.2. The third kappa shape index (κ3) is 4.05. The summed E-state index contributed by atoms with van der Waals surface area (Å²) in [4.78, 5) is 11.8. The van der Waals surface area contributed by atoms with Crippen molar-refractivity contribution in [2.24, 2.45) is 0 Å². The van der Waals surface area contributed by atoms with Gasteiger partial charge in [-0.25, -0.2) is 4.39 Å². The summed E-state index contributed by atoms with van der Waals surface area (Å²) in [6, 6.07) is 6.31. The van der Waals surface area contributed by atoms with E-state index in [1.165, 1.54) is 6.07 Å². The van der Waals surface area contributed by atoms with Crippen LogP contribution < -0.4 is 4.90 Å². The number of piperazine rings is 1. The van der Waals surface area contributed by atoms with Crippen LogP contribution in [0.15, 0.2) is 22.7 Å². The van der Waals surface area contributed by atoms with Crippen LogP contribution in [-0.4, -0.2) is 71.3 Å². The van der Waals surface area contributed by atoms with Crippen LogP contribution >= 0.6 is 0 Å². The van der Waals surface area contributed by atoms with Crippen molar-refractivity contribution < 1.29 is 8.91 Å². The van der Waals surface area contributed by atoms with Crippen molar-refractivity contribution in [1.29, 1.82) is 0 Å². The summed E-state index contributed by atoms with van der Waals surface area (Å²) in [5.74, 6) is 0.493. The highest BCUT2D eigenvalue weighted by molar-refractivity contribution is 5.56. The number of halogens is 1. The van der Waals surface area contributed by atoms with Crippen LogP contribution in [0.5, 0.6) is 0 Å². The van der Waals surface area contributed by atoms with Crippen molar-refractivity contribution in [3.8, 4) is 11.5 Å². The Hall–Kier alpha value is -1.99. The van der Waals surface area contributed by atoms with E-state index in [0.717, 1.165) is 57.7 Å². The molecule has 152 valence electrons. The van der Waals surface area contributed by atoms with Gasteiger partial charge in [-0.1, -0.05) is 6.07 Å². The number of piperidine rings is 1. The minimum Gasteiger partial charge on any atom is -0.338 e. The molecule has 0 aliphatic carbocycles. The average molecular weight is 388 g/mol. The number of hydrogen-bond acceptors (Lipinski definition) is 6. The molecule has 0 spiro atoms. The maximum absolute atomic E-state index is 14.2. The largest absolute Gasteiger partial charge is 0.338 e. The van der Waals surface area contributed by atoms with Crippen LogP contribution in [0.25, 0.3) is 11.5 Å². The maximum Gasteiger partial charge on any atom is 0.266 e. The number of nitrogens with zero attached hydrogens (tertiary/aromatic N) is 5. The van der Waals surface area contributed by atoms with Gasteiger partial charge >= 0.3 is 0 Å². The smallest absolute Gasteiger partial charge is 0.266 e. The van der Waals surface area contributed by atoms with Crippen LogP contribution in [0, 0.1) is 12.7 Å². The van der Waals surface area contributed by atoms with Gasteiger partial charge in [0.2, 0.25) is 0 Å². The zero-order valence-corrected chi connectivity index (χ0v) is 17.1. The van der Waals surface area contributed by atoms with E-state index in [1.54, 1.807) is 6.07 Å². The first-order chi connectivity index (χ1) is 13.5. The number of anilines is 1. The van der Waals surface area contributed by atoms with E-state index >= 15 is 0 Å². The standard InChI is InChI=1S/C21H30FN5O/c1-15(2)25-10-12-26(13-11-25)17-6-8-27(9-7-17)21-23-20(28-24-21)18-5-4-16(3)14-19(18)22/h4-5,14-15,17H,6-13H2,1-3H3. The Balaban J connectivity index is 1.34. The number of rotatable bonds is 4. The van der Waals surface area contributed by atoms with Gasteiger partial charge in [-0.2, -0.15) is 4.98 Å². The molecule has 2 aromatic rings. The second kappa shape index (κ2) is 8.17. The van der Waals surface area contributed by atoms with E-state index in [9.17, 15) is 4.39 Å². The fourth-order valence-electron chi connectivity index (χ4n) is 4.30. The summed E-state index contributed by atoms with van der Waals surface area (Å²) in [6.07, 6.45) is 2.20. The van der Waals surface area contributed by atoms with Crippen molar-refractivity contribution >= 4 is 5.95 Å². The van der Waals surface area contributed by atoms with Gasteiger partial charge in [0, 0.05) is 51.4 Å². The molecule has 0 bridgehead atoms. The molecule has 1 aromatic carbocycles. The van der Waals surface area contributed by atoms with Crippen LogP contribution in [0.3, 0.4) is 0 Å². The summed E-state index contributed by atoms with van der Waals surface area (Å²) in [6.45, 7) is 12.9. The second-order valence-corrected chi connectivity index (χ2v) is 8.27. The van der Waals surface area contributed by atoms with Crippen molar-refractivity contribution in [2.45, 2.75) is 45.7 Å². The van der Waals surface area contributed by atoms with Gasteiger partial charge in [0.1, 0.15) is 5.82 Å². The van der Waals surface area contributed by atoms with Crippen molar-refractivity contribution in [1.82, 2.24) is 19.9 Å². The Bertz CT molecular complexity index is 792. The predicted molar refractivity (Wildman–Crippen MR) is 108 cm³/mol. The van der Waals surface area contributed by atoms with Gasteiger partial charge in [-0.3, -0.25) is 9.80 Å². The molecule has 4 rings (SSSR count). The van der Waals surface area contributed by atoms with E-state index in [0.29, 0.717) is 23.6 Å². The third-order valence-corrected chi connectivity index (χ3v) is 6.11. The zero-order valence-electron chi connectivity index (χ0n) is 17.1. The highest BCUT2D eigenvalue weighted by Crippen LogP contribution is 2.26. The highest BCUT2D eigenvalue weighted by Gasteiger charge is 2.29. The quantitative estimate of drug-likeness (QED) is 0.803. The third-order valence-electron chi connectivity index (χ3n) is 6.11. The Morgan fingerprint density at radius 3 is 2.43 bits per heavy atom. The molecule has 0 radical (unpaired) electrons. The van der Waals surface area contributed by atoms with Gasteiger partial charge in [0.05, 0.1) is 5.56 Å². The molecule has 0 amide bonds. The molecule has 28 heavy (non-hydrogen) atoms. The van der Waals surface area contributed by atoms with E-state index in [2.05, 4.69) is 38.7 Å². The lowest BCUT2D eigenvalue weighted by atomic mass is 10.0. The molecule has 0 N–H and O–H groups in total. The van der Waals surface area contributed by atoms with Crippen molar-refractivity contribution in [2.75, 3.05) is 44.2 Å². The van der Waals surface area contributed by atoms with E-state index in [4.69, 9.17) is 4.52 Å². The van der Waals surface area contributed by atoms with Crippen molar-refractivity contribution in [3.05, 3.63) is 29.6 Å². The Labute approximate surface area is 166 Å². The Kier molecular flexibility index (Phi) is 5.64. The molecule has 2 aliphatic heterocycles. The number of aryl methyl sites for hydroxylation is 1. The Morgan fingerprint density at radius 1 is 1.07 bits per heavy atom. The molecule has 7 heteroatoms. The molecule has 0 atom stereocenters. The first kappa shape index (κ1) is 19.3. The number of aromatic nitrogens is 2. The molecule has 2 fully saturated rings. The van der Waals surface area contributed by atoms with Gasteiger partial charge < -0.3 is 9.42 Å². The van der Waals surface area contributed by atoms with Crippen LogP contribution in [-0.2, 0) is 0 Å². The molecule has 2 saturated heterocycles. The van der Waals surface area contributed by atoms with E-state index < -0.39 is 0 Å². The first-order valence-electron chi connectivity index (χ1n) is 10.3. The number of hydrogen-bond donors (Lipinski definition) is 0. The lowest BCUT2D eigenvalue weighted by molar-refractivity contribution is 0.0691. The lowest BCUT2D eigenvalue weighted by Crippen LogP contribution is -2.54. The van der Waals surface area contributed by atoms with E-state index in [-0.39, 0.29) is 11.7 Å². The highest BCUT2D eigenvalue weighted by atomic mass is 19.1. The van der Waals surface area contributed by atoms with Crippen LogP contribution in [0.1, 0.15) is 32.3 Å². The molecule has 1 aromatic heterocycles. The van der Waals surface area contributed by atoms with Gasteiger partial charge in [0.15, 0.2) is 0 Å². The van der Waals surface area contributed by atoms with Gasteiger partial charge in [-0.15, -0.1) is 0 Å². The van der Waals surface area contributed by atoms with Crippen molar-refractivity contribution in [3.63, 3.8) is 0 Å².